The molecule has 0 aliphatic carbocycles. The van der Waals surface area contributed by atoms with Gasteiger partial charge in [0.05, 0.1) is 0 Å². The molecule has 1 aromatic rings. The van der Waals surface area contributed by atoms with Gasteiger partial charge in [-0.3, -0.25) is 0 Å². The van der Waals surface area contributed by atoms with Gasteiger partial charge >= 0.3 is 0 Å². The van der Waals surface area contributed by atoms with Crippen molar-refractivity contribution >= 4 is 0 Å². The van der Waals surface area contributed by atoms with E-state index in [0.717, 1.165) is 25.0 Å². The van der Waals surface area contributed by atoms with Gasteiger partial charge in [0.25, 0.3) is 0 Å². The van der Waals surface area contributed by atoms with E-state index in [9.17, 15) is 0 Å². The molecule has 20 heavy (non-hydrogen) atoms. The molecule has 0 saturated carbocycles. The lowest BCUT2D eigenvalue weighted by atomic mass is 10.1. The normalized spacial score (nSPS) is 10.9. The number of benzene rings is 1. The number of allylic oxidation sites excluding steroid dienone is 2. The average Bonchev–Trinajstić information content (AvgIpc) is 2.44. The molecule has 0 amide bonds. The van der Waals surface area contributed by atoms with Crippen LogP contribution in [0.2, 0.25) is 0 Å². The molecule has 0 saturated heterocycles. The fraction of sp³-hybridized carbons (Fsp3) is 0.421. The van der Waals surface area contributed by atoms with Crippen molar-refractivity contribution in [2.24, 2.45) is 0 Å². The SMILES string of the molecule is CCc1ccc(OCC=C(C)CCC=C=C(C)C)cc1. The quantitative estimate of drug-likeness (QED) is 0.471. The lowest BCUT2D eigenvalue weighted by Gasteiger charge is -2.05. The van der Waals surface area contributed by atoms with E-state index < -0.39 is 0 Å². The molecule has 0 heterocycles. The Kier molecular flexibility index (Phi) is 7.54. The monoisotopic (exact) mass is 270 g/mol. The molecule has 0 spiro atoms. The van der Waals surface area contributed by atoms with Gasteiger partial charge in [0, 0.05) is 0 Å². The number of hydrogen-bond acceptors (Lipinski definition) is 1. The van der Waals surface area contributed by atoms with E-state index in [1.165, 1.54) is 16.7 Å². The van der Waals surface area contributed by atoms with Gasteiger partial charge in [-0.15, -0.1) is 5.73 Å². The number of rotatable bonds is 7. The van der Waals surface area contributed by atoms with E-state index in [4.69, 9.17) is 4.74 Å². The Morgan fingerprint density at radius 3 is 2.45 bits per heavy atom. The maximum absolute atomic E-state index is 5.71. The zero-order valence-corrected chi connectivity index (χ0v) is 13.2. The summed E-state index contributed by atoms with van der Waals surface area (Å²) in [6, 6.07) is 8.32. The summed E-state index contributed by atoms with van der Waals surface area (Å²) in [6.45, 7) is 9.09. The van der Waals surface area contributed by atoms with E-state index >= 15 is 0 Å². The number of ether oxygens (including phenoxy) is 1. The minimum Gasteiger partial charge on any atom is -0.490 e. The van der Waals surface area contributed by atoms with Gasteiger partial charge in [-0.05, 0) is 75.5 Å². The number of hydrogen-bond donors (Lipinski definition) is 0. The predicted molar refractivity (Wildman–Crippen MR) is 87.3 cm³/mol. The summed E-state index contributed by atoms with van der Waals surface area (Å²) in [5, 5.41) is 0. The highest BCUT2D eigenvalue weighted by molar-refractivity contribution is 5.27. The van der Waals surface area contributed by atoms with Gasteiger partial charge in [-0.2, -0.15) is 0 Å². The van der Waals surface area contributed by atoms with Gasteiger partial charge in [0.15, 0.2) is 0 Å². The molecule has 1 rings (SSSR count). The molecule has 1 heteroatoms. The number of aryl methyl sites for hydroxylation is 1. The molecule has 0 aliphatic rings. The summed E-state index contributed by atoms with van der Waals surface area (Å²) in [4.78, 5) is 0. The summed E-state index contributed by atoms with van der Waals surface area (Å²) < 4.78 is 5.71. The summed E-state index contributed by atoms with van der Waals surface area (Å²) in [7, 11) is 0. The molecule has 0 radical (unpaired) electrons. The minimum atomic E-state index is 0.643. The Balaban J connectivity index is 2.33. The molecule has 108 valence electrons. The predicted octanol–water partition coefficient (Wildman–Crippen LogP) is 5.48. The third kappa shape index (κ3) is 7.01. The Morgan fingerprint density at radius 2 is 1.85 bits per heavy atom. The van der Waals surface area contributed by atoms with Crippen LogP contribution in [0, 0.1) is 0 Å². The van der Waals surface area contributed by atoms with E-state index in [0.29, 0.717) is 6.61 Å². The summed E-state index contributed by atoms with van der Waals surface area (Å²) in [5.74, 6) is 0.940. The van der Waals surface area contributed by atoms with Crippen molar-refractivity contribution in [3.63, 3.8) is 0 Å². The smallest absolute Gasteiger partial charge is 0.119 e. The first-order chi connectivity index (χ1) is 9.61. The zero-order valence-electron chi connectivity index (χ0n) is 13.2. The highest BCUT2D eigenvalue weighted by Crippen LogP contribution is 2.13. The van der Waals surface area contributed by atoms with Crippen LogP contribution in [0.25, 0.3) is 0 Å². The van der Waals surface area contributed by atoms with Crippen LogP contribution in [-0.2, 0) is 6.42 Å². The lowest BCUT2D eigenvalue weighted by molar-refractivity contribution is 0.361. The summed E-state index contributed by atoms with van der Waals surface area (Å²) in [5.41, 5.74) is 7.16. The first kappa shape index (κ1) is 16.3. The van der Waals surface area contributed by atoms with Crippen LogP contribution in [0.4, 0.5) is 0 Å². The minimum absolute atomic E-state index is 0.643. The van der Waals surface area contributed by atoms with E-state index in [2.05, 4.69) is 57.7 Å². The maximum Gasteiger partial charge on any atom is 0.119 e. The summed E-state index contributed by atoms with van der Waals surface area (Å²) >= 11 is 0. The molecular weight excluding hydrogens is 244 g/mol. The Morgan fingerprint density at radius 1 is 1.15 bits per heavy atom. The van der Waals surface area contributed by atoms with Gasteiger partial charge in [-0.1, -0.05) is 24.6 Å². The molecule has 0 aliphatic heterocycles. The molecule has 0 atom stereocenters. The van der Waals surface area contributed by atoms with Gasteiger partial charge < -0.3 is 4.74 Å². The van der Waals surface area contributed by atoms with Crippen LogP contribution in [0.15, 0.2) is 53.3 Å². The molecule has 0 aromatic heterocycles. The van der Waals surface area contributed by atoms with Crippen LogP contribution < -0.4 is 4.74 Å². The van der Waals surface area contributed by atoms with Crippen molar-refractivity contribution < 1.29 is 4.74 Å². The molecule has 0 bridgehead atoms. The van der Waals surface area contributed by atoms with Crippen molar-refractivity contribution in [3.05, 3.63) is 58.9 Å². The third-order valence-electron chi connectivity index (χ3n) is 3.09. The van der Waals surface area contributed by atoms with Gasteiger partial charge in [-0.25, -0.2) is 0 Å². The molecule has 0 N–H and O–H groups in total. The first-order valence-corrected chi connectivity index (χ1v) is 7.37. The van der Waals surface area contributed by atoms with Crippen LogP contribution >= 0.6 is 0 Å². The van der Waals surface area contributed by atoms with Crippen molar-refractivity contribution in [2.45, 2.75) is 47.0 Å². The molecule has 0 unspecified atom stereocenters. The van der Waals surface area contributed by atoms with Crippen molar-refractivity contribution in [2.75, 3.05) is 6.61 Å². The second-order valence-corrected chi connectivity index (χ2v) is 5.25. The highest BCUT2D eigenvalue weighted by atomic mass is 16.5. The van der Waals surface area contributed by atoms with Crippen LogP contribution in [0.1, 0.15) is 46.1 Å². The lowest BCUT2D eigenvalue weighted by Crippen LogP contribution is -1.95. The maximum atomic E-state index is 5.71. The molecule has 1 nitrogen and oxygen atoms in total. The van der Waals surface area contributed by atoms with E-state index in [-0.39, 0.29) is 0 Å². The Labute approximate surface area is 123 Å². The second kappa shape index (κ2) is 9.23. The largest absolute Gasteiger partial charge is 0.490 e. The molecule has 1 aromatic carbocycles. The van der Waals surface area contributed by atoms with Crippen molar-refractivity contribution in [1.82, 2.24) is 0 Å². The van der Waals surface area contributed by atoms with E-state index in [1.807, 2.05) is 12.1 Å². The average molecular weight is 270 g/mol. The van der Waals surface area contributed by atoms with Crippen molar-refractivity contribution in [3.8, 4) is 5.75 Å². The Hall–Kier alpha value is -1.72. The highest BCUT2D eigenvalue weighted by Gasteiger charge is 1.93. The third-order valence-corrected chi connectivity index (χ3v) is 3.09. The standard InChI is InChI=1S/C19H26O/c1-5-18-10-12-19(13-11-18)20-15-14-17(4)9-7-6-8-16(2)3/h6,10-14H,5,7,9,15H2,1-4H3. The second-order valence-electron chi connectivity index (χ2n) is 5.25. The van der Waals surface area contributed by atoms with Gasteiger partial charge in [0.2, 0.25) is 0 Å². The fourth-order valence-corrected chi connectivity index (χ4v) is 1.78. The van der Waals surface area contributed by atoms with Crippen LogP contribution in [0.5, 0.6) is 5.75 Å². The Bertz CT molecular complexity index is 481. The molecule has 0 fully saturated rings. The van der Waals surface area contributed by atoms with Gasteiger partial charge in [0.1, 0.15) is 12.4 Å². The van der Waals surface area contributed by atoms with Crippen LogP contribution in [-0.4, -0.2) is 6.61 Å². The zero-order chi connectivity index (χ0) is 14.8. The molecular formula is C19H26O. The van der Waals surface area contributed by atoms with Crippen molar-refractivity contribution in [1.29, 1.82) is 0 Å². The van der Waals surface area contributed by atoms with E-state index in [1.54, 1.807) is 0 Å². The fourth-order valence-electron chi connectivity index (χ4n) is 1.78. The topological polar surface area (TPSA) is 9.23 Å². The van der Waals surface area contributed by atoms with Crippen LogP contribution in [0.3, 0.4) is 0 Å². The first-order valence-electron chi connectivity index (χ1n) is 7.37. The summed E-state index contributed by atoms with van der Waals surface area (Å²) in [6.07, 6.45) is 7.44.